The molecule has 0 atom stereocenters. The number of nitrogens with zero attached hydrogens (tertiary/aromatic N) is 1. The van der Waals surface area contributed by atoms with Gasteiger partial charge in [0.05, 0.1) is 5.75 Å². The van der Waals surface area contributed by atoms with E-state index in [2.05, 4.69) is 0 Å². The van der Waals surface area contributed by atoms with E-state index in [4.69, 9.17) is 5.73 Å². The second-order valence-corrected chi connectivity index (χ2v) is 7.10. The lowest BCUT2D eigenvalue weighted by Crippen LogP contribution is -2.50. The molecule has 0 aromatic heterocycles. The molecule has 5 heteroatoms. The molecule has 0 fully saturated rings. The lowest BCUT2D eigenvalue weighted by Gasteiger charge is -2.33. The minimum atomic E-state index is -3.17. The van der Waals surface area contributed by atoms with E-state index in [1.807, 2.05) is 27.7 Å². The van der Waals surface area contributed by atoms with E-state index in [9.17, 15) is 8.42 Å². The summed E-state index contributed by atoms with van der Waals surface area (Å²) in [7, 11) is -1.57. The Morgan fingerprint density at radius 3 is 2.13 bits per heavy atom. The molecule has 0 aliphatic rings. The van der Waals surface area contributed by atoms with Crippen LogP contribution in [0.5, 0.6) is 0 Å². The van der Waals surface area contributed by atoms with Crippen molar-refractivity contribution in [2.75, 3.05) is 19.3 Å². The van der Waals surface area contributed by atoms with Crippen LogP contribution < -0.4 is 5.73 Å². The number of hydrogen-bond donors (Lipinski definition) is 1. The topological polar surface area (TPSA) is 63.4 Å². The molecule has 2 N–H and O–H groups in total. The second-order valence-electron chi connectivity index (χ2n) is 4.98. The molecule has 0 aliphatic heterocycles. The Hall–Kier alpha value is -0.130. The monoisotopic (exact) mass is 236 g/mol. The van der Waals surface area contributed by atoms with Crippen molar-refractivity contribution in [3.8, 4) is 0 Å². The molecule has 0 saturated heterocycles. The summed E-state index contributed by atoms with van der Waals surface area (Å²) in [5.74, 6) is 0.596. The number of likely N-dealkylation sites (N-methyl/N-ethyl adjacent to an activating group) is 1. The van der Waals surface area contributed by atoms with Gasteiger partial charge in [0.25, 0.3) is 0 Å². The maximum atomic E-state index is 11.9. The van der Waals surface area contributed by atoms with Crippen LogP contribution in [-0.4, -0.2) is 37.6 Å². The van der Waals surface area contributed by atoms with E-state index < -0.39 is 15.6 Å². The van der Waals surface area contributed by atoms with Gasteiger partial charge in [-0.15, -0.1) is 0 Å². The smallest absolute Gasteiger partial charge is 0.214 e. The first kappa shape index (κ1) is 14.9. The third-order valence-electron chi connectivity index (χ3n) is 2.72. The summed E-state index contributed by atoms with van der Waals surface area (Å²) >= 11 is 0. The summed E-state index contributed by atoms with van der Waals surface area (Å²) in [5, 5.41) is 0. The lowest BCUT2D eigenvalue weighted by molar-refractivity contribution is 0.273. The number of sulfonamides is 1. The first-order chi connectivity index (χ1) is 6.63. The molecule has 0 aliphatic carbocycles. The second kappa shape index (κ2) is 5.27. The molecule has 0 unspecified atom stereocenters. The third kappa shape index (κ3) is 4.49. The maximum Gasteiger partial charge on any atom is 0.214 e. The van der Waals surface area contributed by atoms with Crippen LogP contribution in [0.25, 0.3) is 0 Å². The van der Waals surface area contributed by atoms with Crippen LogP contribution >= 0.6 is 0 Å². The first-order valence-electron chi connectivity index (χ1n) is 5.30. The van der Waals surface area contributed by atoms with Crippen molar-refractivity contribution in [3.63, 3.8) is 0 Å². The predicted molar refractivity (Wildman–Crippen MR) is 64.1 cm³/mol. The van der Waals surface area contributed by atoms with Gasteiger partial charge in [0, 0.05) is 19.1 Å². The highest BCUT2D eigenvalue weighted by molar-refractivity contribution is 7.89. The Morgan fingerprint density at radius 2 is 1.80 bits per heavy atom. The fourth-order valence-electron chi connectivity index (χ4n) is 1.03. The van der Waals surface area contributed by atoms with E-state index in [0.717, 1.165) is 0 Å². The van der Waals surface area contributed by atoms with Gasteiger partial charge in [0.2, 0.25) is 10.0 Å². The van der Waals surface area contributed by atoms with Gasteiger partial charge in [0.1, 0.15) is 0 Å². The summed E-state index contributed by atoms with van der Waals surface area (Å²) < 4.78 is 25.2. The quantitative estimate of drug-likeness (QED) is 0.749. The molecule has 92 valence electrons. The SMILES string of the molecule is CC(C)CCS(=O)(=O)N(C)C(C)(C)CN. The summed E-state index contributed by atoms with van der Waals surface area (Å²) in [4.78, 5) is 0. The minimum Gasteiger partial charge on any atom is -0.329 e. The van der Waals surface area contributed by atoms with Crippen molar-refractivity contribution in [1.29, 1.82) is 0 Å². The van der Waals surface area contributed by atoms with Crippen LogP contribution in [0.4, 0.5) is 0 Å². The van der Waals surface area contributed by atoms with Crippen molar-refractivity contribution >= 4 is 10.0 Å². The molecule has 0 heterocycles. The Morgan fingerprint density at radius 1 is 1.33 bits per heavy atom. The standard InChI is InChI=1S/C10H24N2O2S/c1-9(2)6-7-15(13,14)12(5)10(3,4)8-11/h9H,6-8,11H2,1-5H3. The Balaban J connectivity index is 4.60. The zero-order valence-electron chi connectivity index (χ0n) is 10.4. The van der Waals surface area contributed by atoms with Crippen molar-refractivity contribution < 1.29 is 8.42 Å². The van der Waals surface area contributed by atoms with Gasteiger partial charge < -0.3 is 5.73 Å². The molecule has 0 rings (SSSR count). The van der Waals surface area contributed by atoms with E-state index in [0.29, 0.717) is 18.9 Å². The van der Waals surface area contributed by atoms with Gasteiger partial charge in [-0.1, -0.05) is 13.8 Å². The Bertz CT molecular complexity index is 284. The van der Waals surface area contributed by atoms with Crippen molar-refractivity contribution in [1.82, 2.24) is 4.31 Å². The van der Waals surface area contributed by atoms with Crippen LogP contribution in [0.1, 0.15) is 34.1 Å². The van der Waals surface area contributed by atoms with E-state index >= 15 is 0 Å². The largest absolute Gasteiger partial charge is 0.329 e. The zero-order chi connectivity index (χ0) is 12.3. The molecule has 0 aromatic carbocycles. The van der Waals surface area contributed by atoms with Crippen LogP contribution in [0, 0.1) is 5.92 Å². The molecular formula is C10H24N2O2S. The highest BCUT2D eigenvalue weighted by Crippen LogP contribution is 2.17. The molecule has 0 radical (unpaired) electrons. The summed E-state index contributed by atoms with van der Waals surface area (Å²) in [6.07, 6.45) is 0.688. The highest BCUT2D eigenvalue weighted by Gasteiger charge is 2.31. The van der Waals surface area contributed by atoms with Gasteiger partial charge in [-0.3, -0.25) is 0 Å². The summed E-state index contributed by atoms with van der Waals surface area (Å²) in [6, 6.07) is 0. The number of nitrogens with two attached hydrogens (primary N) is 1. The lowest BCUT2D eigenvalue weighted by atomic mass is 10.1. The molecule has 0 aromatic rings. The molecule has 0 bridgehead atoms. The summed E-state index contributed by atoms with van der Waals surface area (Å²) in [5.41, 5.74) is 5.05. The Labute approximate surface area is 93.9 Å². The molecule has 0 saturated carbocycles. The number of hydrogen-bond acceptors (Lipinski definition) is 3. The van der Waals surface area contributed by atoms with Crippen LogP contribution in [0.15, 0.2) is 0 Å². The average Bonchev–Trinajstić information content (AvgIpc) is 2.13. The van der Waals surface area contributed by atoms with Gasteiger partial charge in [-0.2, -0.15) is 4.31 Å². The average molecular weight is 236 g/mol. The van der Waals surface area contributed by atoms with Crippen LogP contribution in [0.2, 0.25) is 0 Å². The summed E-state index contributed by atoms with van der Waals surface area (Å²) in [6.45, 7) is 8.03. The van der Waals surface area contributed by atoms with Crippen molar-refractivity contribution in [2.45, 2.75) is 39.7 Å². The van der Waals surface area contributed by atoms with Crippen molar-refractivity contribution in [3.05, 3.63) is 0 Å². The molecule has 4 nitrogen and oxygen atoms in total. The maximum absolute atomic E-state index is 11.9. The predicted octanol–water partition coefficient (Wildman–Crippen LogP) is 1.03. The van der Waals surface area contributed by atoms with Gasteiger partial charge >= 0.3 is 0 Å². The molecule has 15 heavy (non-hydrogen) atoms. The fraction of sp³-hybridized carbons (Fsp3) is 1.00. The zero-order valence-corrected chi connectivity index (χ0v) is 11.3. The fourth-order valence-corrected chi connectivity index (χ4v) is 2.90. The Kier molecular flexibility index (Phi) is 5.23. The molecule has 0 amide bonds. The van der Waals surface area contributed by atoms with E-state index in [-0.39, 0.29) is 5.75 Å². The number of rotatable bonds is 6. The van der Waals surface area contributed by atoms with Crippen LogP contribution in [0.3, 0.4) is 0 Å². The highest BCUT2D eigenvalue weighted by atomic mass is 32.2. The van der Waals surface area contributed by atoms with Crippen molar-refractivity contribution in [2.24, 2.45) is 11.7 Å². The van der Waals surface area contributed by atoms with Gasteiger partial charge in [-0.05, 0) is 26.2 Å². The first-order valence-corrected chi connectivity index (χ1v) is 6.91. The third-order valence-corrected chi connectivity index (χ3v) is 4.80. The van der Waals surface area contributed by atoms with Crippen LogP contribution in [-0.2, 0) is 10.0 Å². The minimum absolute atomic E-state index is 0.199. The van der Waals surface area contributed by atoms with Gasteiger partial charge in [0.15, 0.2) is 0 Å². The molecule has 0 spiro atoms. The van der Waals surface area contributed by atoms with E-state index in [1.54, 1.807) is 7.05 Å². The molecular weight excluding hydrogens is 212 g/mol. The normalized spacial score (nSPS) is 13.9. The van der Waals surface area contributed by atoms with Gasteiger partial charge in [-0.25, -0.2) is 8.42 Å². The van der Waals surface area contributed by atoms with E-state index in [1.165, 1.54) is 4.31 Å².